The molecule has 0 aliphatic rings. The van der Waals surface area contributed by atoms with E-state index in [1.54, 1.807) is 13.0 Å². The zero-order valence-corrected chi connectivity index (χ0v) is 16.1. The fourth-order valence-corrected chi connectivity index (χ4v) is 2.75. The summed E-state index contributed by atoms with van der Waals surface area (Å²) in [5.41, 5.74) is 1.36. The molecule has 29 heavy (non-hydrogen) atoms. The van der Waals surface area contributed by atoms with Crippen molar-refractivity contribution >= 4 is 23.5 Å². The monoisotopic (exact) mass is 411 g/mol. The summed E-state index contributed by atoms with van der Waals surface area (Å²) in [5.74, 6) is -6.98. The van der Waals surface area contributed by atoms with E-state index < -0.39 is 54.1 Å². The summed E-state index contributed by atoms with van der Waals surface area (Å²) in [4.78, 5) is 35.6. The molecule has 0 unspecified atom stereocenters. The van der Waals surface area contributed by atoms with Crippen LogP contribution in [0.4, 0.5) is 18.9 Å². The lowest BCUT2D eigenvalue weighted by Gasteiger charge is -2.09. The highest BCUT2D eigenvalue weighted by Crippen LogP contribution is 2.19. The Morgan fingerprint density at radius 1 is 1.07 bits per heavy atom. The number of benzene rings is 1. The predicted octanol–water partition coefficient (Wildman–Crippen LogP) is 2.45. The topological polar surface area (TPSA) is 89.4 Å². The second kappa shape index (κ2) is 9.26. The molecule has 1 aromatic carbocycles. The number of halogens is 3. The zero-order valence-electron chi connectivity index (χ0n) is 16.1. The van der Waals surface area contributed by atoms with E-state index in [1.807, 2.05) is 23.7 Å². The molecule has 0 spiro atoms. The van der Waals surface area contributed by atoms with Crippen LogP contribution >= 0.6 is 0 Å². The lowest BCUT2D eigenvalue weighted by molar-refractivity contribution is -0.126. The Morgan fingerprint density at radius 2 is 1.76 bits per heavy atom. The SMILES string of the molecule is CCn1c(C)cc(C(=O)OCC(=O)NCC(=O)Nc2ccc(F)c(F)c2F)c1C. The number of carbonyl (C=O) groups is 3. The highest BCUT2D eigenvalue weighted by Gasteiger charge is 2.18. The number of esters is 1. The van der Waals surface area contributed by atoms with E-state index in [2.05, 4.69) is 5.32 Å². The summed E-state index contributed by atoms with van der Waals surface area (Å²) in [6.45, 7) is 5.00. The average Bonchev–Trinajstić information content (AvgIpc) is 2.98. The third-order valence-corrected chi connectivity index (χ3v) is 4.20. The van der Waals surface area contributed by atoms with Gasteiger partial charge in [0.1, 0.15) is 0 Å². The minimum absolute atomic E-state index is 0.337. The Labute approximate surface area is 164 Å². The van der Waals surface area contributed by atoms with Crippen molar-refractivity contribution in [2.45, 2.75) is 27.3 Å². The molecule has 0 fully saturated rings. The first kappa shape index (κ1) is 22.0. The number of aromatic nitrogens is 1. The third-order valence-electron chi connectivity index (χ3n) is 4.20. The first-order chi connectivity index (χ1) is 13.6. The Morgan fingerprint density at radius 3 is 2.38 bits per heavy atom. The van der Waals surface area contributed by atoms with Gasteiger partial charge < -0.3 is 19.9 Å². The quantitative estimate of drug-likeness (QED) is 0.541. The zero-order chi connectivity index (χ0) is 21.7. The number of amides is 2. The van der Waals surface area contributed by atoms with Crippen molar-refractivity contribution in [1.29, 1.82) is 0 Å². The molecule has 2 amide bonds. The molecule has 2 aromatic rings. The third kappa shape index (κ3) is 5.15. The molecular weight excluding hydrogens is 391 g/mol. The minimum Gasteiger partial charge on any atom is -0.452 e. The van der Waals surface area contributed by atoms with E-state index in [-0.39, 0.29) is 0 Å². The molecule has 7 nitrogen and oxygen atoms in total. The van der Waals surface area contributed by atoms with Gasteiger partial charge in [-0.1, -0.05) is 0 Å². The standard InChI is InChI=1S/C19H20F3N3O4/c1-4-25-10(2)7-12(11(25)3)19(28)29-9-16(27)23-8-15(26)24-14-6-5-13(20)17(21)18(14)22/h5-7H,4,8-9H2,1-3H3,(H,23,27)(H,24,26). The van der Waals surface area contributed by atoms with Gasteiger partial charge in [0.15, 0.2) is 24.1 Å². The van der Waals surface area contributed by atoms with Gasteiger partial charge in [-0.15, -0.1) is 0 Å². The normalized spacial score (nSPS) is 10.6. The van der Waals surface area contributed by atoms with E-state index in [0.717, 1.165) is 11.8 Å². The van der Waals surface area contributed by atoms with Crippen LogP contribution in [0.3, 0.4) is 0 Å². The van der Waals surface area contributed by atoms with Gasteiger partial charge in [-0.25, -0.2) is 18.0 Å². The Hall–Kier alpha value is -3.30. The van der Waals surface area contributed by atoms with Crippen LogP contribution in [-0.2, 0) is 20.9 Å². The van der Waals surface area contributed by atoms with Gasteiger partial charge in [0.05, 0.1) is 17.8 Å². The fourth-order valence-electron chi connectivity index (χ4n) is 2.75. The predicted molar refractivity (Wildman–Crippen MR) is 97.8 cm³/mol. The molecule has 0 bridgehead atoms. The number of nitrogens with zero attached hydrogens (tertiary/aromatic N) is 1. The van der Waals surface area contributed by atoms with Crippen LogP contribution in [-0.4, -0.2) is 35.5 Å². The largest absolute Gasteiger partial charge is 0.452 e. The summed E-state index contributed by atoms with van der Waals surface area (Å²) in [5, 5.41) is 4.18. The second-order valence-electron chi connectivity index (χ2n) is 6.15. The van der Waals surface area contributed by atoms with Crippen molar-refractivity contribution in [1.82, 2.24) is 9.88 Å². The number of rotatable bonds is 7. The number of anilines is 1. The van der Waals surface area contributed by atoms with E-state index in [4.69, 9.17) is 4.74 Å². The summed E-state index contributed by atoms with van der Waals surface area (Å²) in [6, 6.07) is 3.16. The summed E-state index contributed by atoms with van der Waals surface area (Å²) >= 11 is 0. The van der Waals surface area contributed by atoms with Gasteiger partial charge in [-0.2, -0.15) is 0 Å². The molecular formula is C19H20F3N3O4. The first-order valence-corrected chi connectivity index (χ1v) is 8.69. The van der Waals surface area contributed by atoms with Gasteiger partial charge in [0, 0.05) is 17.9 Å². The van der Waals surface area contributed by atoms with E-state index in [9.17, 15) is 27.6 Å². The van der Waals surface area contributed by atoms with Crippen LogP contribution in [0, 0.1) is 31.3 Å². The van der Waals surface area contributed by atoms with E-state index in [0.29, 0.717) is 23.9 Å². The Balaban J connectivity index is 1.83. The molecule has 0 aliphatic carbocycles. The molecule has 1 aromatic heterocycles. The van der Waals surface area contributed by atoms with Crippen LogP contribution in [0.15, 0.2) is 18.2 Å². The molecule has 0 atom stereocenters. The highest BCUT2D eigenvalue weighted by molar-refractivity contribution is 5.96. The fraction of sp³-hybridized carbons (Fsp3) is 0.316. The number of hydrogen-bond acceptors (Lipinski definition) is 4. The van der Waals surface area contributed by atoms with Gasteiger partial charge in [0.25, 0.3) is 5.91 Å². The van der Waals surface area contributed by atoms with Crippen molar-refractivity contribution < 1.29 is 32.3 Å². The van der Waals surface area contributed by atoms with Gasteiger partial charge in [0.2, 0.25) is 5.91 Å². The Kier molecular flexibility index (Phi) is 7.03. The summed E-state index contributed by atoms with van der Waals surface area (Å²) < 4.78 is 46.3. The van der Waals surface area contributed by atoms with Gasteiger partial charge in [-0.05, 0) is 39.0 Å². The molecule has 0 saturated carbocycles. The van der Waals surface area contributed by atoms with Crippen molar-refractivity contribution in [3.05, 3.63) is 52.6 Å². The van der Waals surface area contributed by atoms with Crippen molar-refractivity contribution in [3.63, 3.8) is 0 Å². The second-order valence-corrected chi connectivity index (χ2v) is 6.15. The number of aryl methyl sites for hydroxylation is 1. The van der Waals surface area contributed by atoms with E-state index >= 15 is 0 Å². The highest BCUT2D eigenvalue weighted by atomic mass is 19.2. The lowest BCUT2D eigenvalue weighted by Crippen LogP contribution is -2.35. The van der Waals surface area contributed by atoms with Crippen molar-refractivity contribution in [3.8, 4) is 0 Å². The lowest BCUT2D eigenvalue weighted by atomic mass is 10.2. The maximum absolute atomic E-state index is 13.5. The average molecular weight is 411 g/mol. The van der Waals surface area contributed by atoms with Gasteiger partial charge >= 0.3 is 5.97 Å². The number of hydrogen-bond donors (Lipinski definition) is 2. The molecule has 2 N–H and O–H groups in total. The van der Waals surface area contributed by atoms with Crippen LogP contribution in [0.5, 0.6) is 0 Å². The molecule has 156 valence electrons. The number of ether oxygens (including phenoxy) is 1. The first-order valence-electron chi connectivity index (χ1n) is 8.69. The van der Waals surface area contributed by atoms with Crippen molar-refractivity contribution in [2.75, 3.05) is 18.5 Å². The maximum Gasteiger partial charge on any atom is 0.340 e. The molecule has 0 radical (unpaired) electrons. The Bertz CT molecular complexity index is 957. The van der Waals surface area contributed by atoms with Crippen LogP contribution in [0.1, 0.15) is 28.7 Å². The molecule has 0 saturated heterocycles. The van der Waals surface area contributed by atoms with Gasteiger partial charge in [-0.3, -0.25) is 9.59 Å². The maximum atomic E-state index is 13.5. The smallest absolute Gasteiger partial charge is 0.340 e. The number of carbonyl (C=O) groups excluding carboxylic acids is 3. The molecule has 0 aliphatic heterocycles. The minimum atomic E-state index is -1.72. The van der Waals surface area contributed by atoms with E-state index in [1.165, 1.54) is 0 Å². The van der Waals surface area contributed by atoms with Crippen LogP contribution in [0.25, 0.3) is 0 Å². The van der Waals surface area contributed by atoms with Crippen LogP contribution in [0.2, 0.25) is 0 Å². The number of nitrogens with one attached hydrogen (secondary N) is 2. The molecule has 10 heteroatoms. The molecule has 1 heterocycles. The summed E-state index contributed by atoms with van der Waals surface area (Å²) in [6.07, 6.45) is 0. The molecule has 2 rings (SSSR count). The van der Waals surface area contributed by atoms with Crippen molar-refractivity contribution in [2.24, 2.45) is 0 Å². The summed E-state index contributed by atoms with van der Waals surface area (Å²) in [7, 11) is 0. The van der Waals surface area contributed by atoms with Crippen LogP contribution < -0.4 is 10.6 Å².